The number of ether oxygens (including phenoxy) is 4. The number of carbonyl (C=O) groups is 4. The maximum Gasteiger partial charge on any atom is 0.472 e. The smallest absolute Gasteiger partial charge is 0.462 e. The fourth-order valence-electron chi connectivity index (χ4n) is 11.0. The number of esters is 4. The third kappa shape index (κ3) is 66.5. The molecule has 0 bridgehead atoms. The second-order valence-electron chi connectivity index (χ2n) is 26.5. The quantitative estimate of drug-likeness (QED) is 0.0222. The Kier molecular flexibility index (Phi) is 64.0. The van der Waals surface area contributed by atoms with Gasteiger partial charge in [0.25, 0.3) is 0 Å². The van der Waals surface area contributed by atoms with Gasteiger partial charge in [-0.05, 0) is 31.6 Å². The van der Waals surface area contributed by atoms with Gasteiger partial charge in [0.1, 0.15) is 19.3 Å². The summed E-state index contributed by atoms with van der Waals surface area (Å²) in [6.45, 7) is 7.27. The van der Waals surface area contributed by atoms with E-state index >= 15 is 0 Å². The van der Waals surface area contributed by atoms with E-state index in [0.29, 0.717) is 25.7 Å². The Morgan fingerprint density at radius 1 is 0.297 bits per heavy atom. The van der Waals surface area contributed by atoms with Crippen LogP contribution >= 0.6 is 15.6 Å². The fraction of sp³-hybridized carbons (Fsp3) is 0.944. The van der Waals surface area contributed by atoms with E-state index in [2.05, 4.69) is 34.6 Å². The monoisotopic (exact) mass is 1340 g/mol. The van der Waals surface area contributed by atoms with E-state index in [1.54, 1.807) is 0 Å². The van der Waals surface area contributed by atoms with Gasteiger partial charge < -0.3 is 33.8 Å². The molecule has 3 N–H and O–H groups in total. The highest BCUT2D eigenvalue weighted by atomic mass is 31.2. The molecule has 0 rings (SSSR count). The van der Waals surface area contributed by atoms with Gasteiger partial charge in [0.05, 0.1) is 26.4 Å². The second kappa shape index (κ2) is 65.4. The zero-order valence-electron chi connectivity index (χ0n) is 59.0. The van der Waals surface area contributed by atoms with E-state index in [0.717, 1.165) is 95.8 Å². The molecule has 0 amide bonds. The third-order valence-corrected chi connectivity index (χ3v) is 18.7. The second-order valence-corrected chi connectivity index (χ2v) is 29.4. The van der Waals surface area contributed by atoms with Crippen LogP contribution in [-0.2, 0) is 65.4 Å². The molecule has 17 nitrogen and oxygen atoms in total. The summed E-state index contributed by atoms with van der Waals surface area (Å²) in [5.74, 6) is -1.34. The van der Waals surface area contributed by atoms with Crippen molar-refractivity contribution in [2.75, 3.05) is 39.6 Å². The van der Waals surface area contributed by atoms with Crippen LogP contribution in [0.3, 0.4) is 0 Å². The normalized spacial score (nSPS) is 14.0. The van der Waals surface area contributed by atoms with Gasteiger partial charge in [0.15, 0.2) is 12.2 Å². The van der Waals surface area contributed by atoms with Gasteiger partial charge in [0, 0.05) is 25.7 Å². The highest BCUT2D eigenvalue weighted by Crippen LogP contribution is 2.45. The lowest BCUT2D eigenvalue weighted by Crippen LogP contribution is -2.30. The van der Waals surface area contributed by atoms with Crippen LogP contribution in [0.15, 0.2) is 0 Å². The Bertz CT molecular complexity index is 1750. The molecule has 0 saturated carbocycles. The number of phosphoric acid groups is 2. The molecule has 2 unspecified atom stereocenters. The van der Waals surface area contributed by atoms with Crippen LogP contribution in [0.5, 0.6) is 0 Å². The van der Waals surface area contributed by atoms with Crippen LogP contribution in [-0.4, -0.2) is 96.7 Å². The number of unbranched alkanes of at least 4 members (excludes halogenated alkanes) is 44. The average Bonchev–Trinajstić information content (AvgIpc) is 3.49. The molecule has 0 aromatic carbocycles. The minimum Gasteiger partial charge on any atom is -0.462 e. The van der Waals surface area contributed by atoms with Crippen molar-refractivity contribution >= 4 is 39.5 Å². The van der Waals surface area contributed by atoms with E-state index < -0.39 is 97.5 Å². The zero-order valence-corrected chi connectivity index (χ0v) is 60.8. The molecule has 91 heavy (non-hydrogen) atoms. The van der Waals surface area contributed by atoms with Crippen molar-refractivity contribution < 1.29 is 80.2 Å². The summed E-state index contributed by atoms with van der Waals surface area (Å²) in [6.07, 6.45) is 52.5. The molecule has 540 valence electrons. The Morgan fingerprint density at radius 3 is 0.747 bits per heavy atom. The standard InChI is InChI=1S/C72H140O17P2/c1-6-9-12-15-18-21-24-26-31-36-41-46-51-56-70(75)83-62-68(89-72(77)58-53-48-43-38-33-29-28-30-34-39-44-49-54-65(4)5)64-87-91(80,81)85-60-66(73)59-84-90(78,79)86-63-67(61-82-69(74)55-50-45-40-35-23-20-17-14-11-8-3)88-71(76)57-52-47-42-37-32-27-25-22-19-16-13-10-7-2/h65-68,73H,6-64H2,1-5H3,(H,78,79)(H,80,81)/t66-,67+,68+/m0/s1. The van der Waals surface area contributed by atoms with E-state index in [-0.39, 0.29) is 25.7 Å². The van der Waals surface area contributed by atoms with Gasteiger partial charge >= 0.3 is 39.5 Å². The Morgan fingerprint density at radius 2 is 0.505 bits per heavy atom. The molecule has 0 saturated heterocycles. The Balaban J connectivity index is 5.25. The number of rotatable bonds is 72. The largest absolute Gasteiger partial charge is 0.472 e. The molecule has 0 spiro atoms. The van der Waals surface area contributed by atoms with Crippen LogP contribution in [0.4, 0.5) is 0 Å². The van der Waals surface area contributed by atoms with E-state index in [1.165, 1.54) is 199 Å². The average molecular weight is 1340 g/mol. The highest BCUT2D eigenvalue weighted by Gasteiger charge is 2.30. The van der Waals surface area contributed by atoms with Crippen LogP contribution < -0.4 is 0 Å². The fourth-order valence-corrected chi connectivity index (χ4v) is 12.6. The lowest BCUT2D eigenvalue weighted by Gasteiger charge is -2.21. The number of phosphoric ester groups is 2. The summed E-state index contributed by atoms with van der Waals surface area (Å²) in [5, 5.41) is 10.6. The van der Waals surface area contributed by atoms with E-state index in [9.17, 15) is 43.2 Å². The van der Waals surface area contributed by atoms with Gasteiger partial charge in [-0.3, -0.25) is 37.3 Å². The summed E-state index contributed by atoms with van der Waals surface area (Å²) in [5.41, 5.74) is 0. The van der Waals surface area contributed by atoms with Crippen molar-refractivity contribution in [3.63, 3.8) is 0 Å². The molecule has 0 fully saturated rings. The van der Waals surface area contributed by atoms with Gasteiger partial charge in [-0.1, -0.05) is 324 Å². The summed E-state index contributed by atoms with van der Waals surface area (Å²) in [6, 6.07) is 0. The molecule has 0 aromatic rings. The first-order chi connectivity index (χ1) is 44.0. The maximum atomic E-state index is 13.0. The van der Waals surface area contributed by atoms with Crippen LogP contribution in [0.1, 0.15) is 375 Å². The van der Waals surface area contributed by atoms with Crippen molar-refractivity contribution in [1.29, 1.82) is 0 Å². The maximum absolute atomic E-state index is 13.0. The van der Waals surface area contributed by atoms with Gasteiger partial charge in [0.2, 0.25) is 0 Å². The first-order valence-corrected chi connectivity index (χ1v) is 40.6. The van der Waals surface area contributed by atoms with Crippen molar-refractivity contribution in [3.8, 4) is 0 Å². The SMILES string of the molecule is CCCCCCCCCCCCCCCC(=O)OC[C@H](COP(=O)(O)OC[C@@H](O)COP(=O)(O)OC[C@@H](COC(=O)CCCCCCCCCCCC)OC(=O)CCCCCCCCCCCCCCC)OC(=O)CCCCCCCCCCCCCCC(C)C. The summed E-state index contributed by atoms with van der Waals surface area (Å²) < 4.78 is 68.4. The predicted octanol–water partition coefficient (Wildman–Crippen LogP) is 20.9. The molecule has 0 aliphatic carbocycles. The van der Waals surface area contributed by atoms with Crippen molar-refractivity contribution in [2.45, 2.75) is 393 Å². The molecule has 19 heteroatoms. The number of hydrogen-bond acceptors (Lipinski definition) is 15. The van der Waals surface area contributed by atoms with Crippen LogP contribution in [0.25, 0.3) is 0 Å². The Hall–Kier alpha value is -1.94. The van der Waals surface area contributed by atoms with Crippen molar-refractivity contribution in [1.82, 2.24) is 0 Å². The van der Waals surface area contributed by atoms with Gasteiger partial charge in [-0.15, -0.1) is 0 Å². The lowest BCUT2D eigenvalue weighted by atomic mass is 10.0. The van der Waals surface area contributed by atoms with E-state index in [4.69, 9.17) is 37.0 Å². The highest BCUT2D eigenvalue weighted by molar-refractivity contribution is 7.47. The third-order valence-electron chi connectivity index (χ3n) is 16.8. The summed E-state index contributed by atoms with van der Waals surface area (Å²) in [7, 11) is -9.90. The lowest BCUT2D eigenvalue weighted by molar-refractivity contribution is -0.161. The molecule has 0 aromatic heterocycles. The number of aliphatic hydroxyl groups excluding tert-OH is 1. The Labute approximate surface area is 556 Å². The van der Waals surface area contributed by atoms with E-state index in [1.807, 2.05) is 0 Å². The van der Waals surface area contributed by atoms with Crippen molar-refractivity contribution in [2.24, 2.45) is 5.92 Å². The zero-order chi connectivity index (χ0) is 67.0. The molecule has 0 aliphatic rings. The van der Waals surface area contributed by atoms with Crippen molar-refractivity contribution in [3.05, 3.63) is 0 Å². The topological polar surface area (TPSA) is 237 Å². The predicted molar refractivity (Wildman–Crippen MR) is 368 cm³/mol. The van der Waals surface area contributed by atoms with Gasteiger partial charge in [-0.25, -0.2) is 9.13 Å². The number of aliphatic hydroxyl groups is 1. The molecule has 0 heterocycles. The summed E-state index contributed by atoms with van der Waals surface area (Å²) in [4.78, 5) is 72.6. The minimum absolute atomic E-state index is 0.108. The first kappa shape index (κ1) is 89.1. The molecular weight excluding hydrogens is 1200 g/mol. The molecule has 5 atom stereocenters. The van der Waals surface area contributed by atoms with Crippen LogP contribution in [0, 0.1) is 5.92 Å². The number of carbonyl (C=O) groups excluding carboxylic acids is 4. The molecule has 0 radical (unpaired) electrons. The molecular formula is C72H140O17P2. The van der Waals surface area contributed by atoms with Crippen LogP contribution in [0.2, 0.25) is 0 Å². The summed E-state index contributed by atoms with van der Waals surface area (Å²) >= 11 is 0. The first-order valence-electron chi connectivity index (χ1n) is 37.6. The number of hydrogen-bond donors (Lipinski definition) is 3. The van der Waals surface area contributed by atoms with Gasteiger partial charge in [-0.2, -0.15) is 0 Å². The minimum atomic E-state index is -4.95. The molecule has 0 aliphatic heterocycles.